The molecule has 2 heterocycles. The highest BCUT2D eigenvalue weighted by atomic mass is 32.2. The van der Waals surface area contributed by atoms with Crippen molar-refractivity contribution in [3.05, 3.63) is 89.5 Å². The number of para-hydroxylation sites is 2. The molecule has 218 valence electrons. The van der Waals surface area contributed by atoms with Crippen molar-refractivity contribution in [2.24, 2.45) is 5.92 Å². The molecule has 0 unspecified atom stereocenters. The molecule has 1 saturated carbocycles. The van der Waals surface area contributed by atoms with Crippen LogP contribution in [0, 0.1) is 5.92 Å². The Balaban J connectivity index is 1.51. The Kier molecular flexibility index (Phi) is 7.59. The van der Waals surface area contributed by atoms with Gasteiger partial charge in [-0.15, -0.1) is 0 Å². The van der Waals surface area contributed by atoms with E-state index in [1.54, 1.807) is 31.5 Å². The lowest BCUT2D eigenvalue weighted by Gasteiger charge is -2.20. The number of rotatable bonds is 10. The van der Waals surface area contributed by atoms with E-state index in [4.69, 9.17) is 9.72 Å². The zero-order valence-corrected chi connectivity index (χ0v) is 24.7. The monoisotopic (exact) mass is 585 g/mol. The fourth-order valence-electron chi connectivity index (χ4n) is 5.64. The van der Waals surface area contributed by atoms with Crippen molar-refractivity contribution in [3.63, 3.8) is 0 Å². The number of pyridine rings is 2. The summed E-state index contributed by atoms with van der Waals surface area (Å²) in [7, 11) is -2.23. The number of hydrogen-bond donors (Lipinski definition) is 3. The summed E-state index contributed by atoms with van der Waals surface area (Å²) in [5.74, 6) is 0.917. The van der Waals surface area contributed by atoms with Crippen LogP contribution in [0.25, 0.3) is 10.8 Å². The van der Waals surface area contributed by atoms with Crippen LogP contribution in [0.15, 0.2) is 72.0 Å². The number of nitrogens with one attached hydrogen (secondary N) is 3. The number of sulfonamides is 1. The lowest BCUT2D eigenvalue weighted by molar-refractivity contribution is 0.0935. The van der Waals surface area contributed by atoms with Crippen molar-refractivity contribution in [3.8, 4) is 5.75 Å². The molecule has 0 spiro atoms. The van der Waals surface area contributed by atoms with E-state index < -0.39 is 16.1 Å². The molecule has 9 nitrogen and oxygen atoms in total. The van der Waals surface area contributed by atoms with Gasteiger partial charge in [-0.2, -0.15) is 0 Å². The van der Waals surface area contributed by atoms with E-state index in [1.165, 1.54) is 6.20 Å². The highest BCUT2D eigenvalue weighted by Crippen LogP contribution is 2.48. The van der Waals surface area contributed by atoms with Crippen molar-refractivity contribution < 1.29 is 17.9 Å². The highest BCUT2D eigenvalue weighted by Gasteiger charge is 2.37. The molecule has 2 aliphatic carbocycles. The molecule has 42 heavy (non-hydrogen) atoms. The van der Waals surface area contributed by atoms with Gasteiger partial charge in [0.2, 0.25) is 10.0 Å². The van der Waals surface area contributed by atoms with Gasteiger partial charge in [-0.1, -0.05) is 26.0 Å². The molecule has 0 aliphatic heterocycles. The predicted octanol–water partition coefficient (Wildman–Crippen LogP) is 5.48. The van der Waals surface area contributed by atoms with Crippen LogP contribution in [-0.4, -0.2) is 37.9 Å². The molecular formula is C32H35N5O4S. The van der Waals surface area contributed by atoms with Crippen LogP contribution in [0.3, 0.4) is 0 Å². The number of nitrogens with zero attached hydrogens (tertiary/aromatic N) is 2. The van der Waals surface area contributed by atoms with Crippen molar-refractivity contribution in [2.75, 3.05) is 19.0 Å². The van der Waals surface area contributed by atoms with Gasteiger partial charge in [0.1, 0.15) is 5.75 Å². The number of carbonyl (C=O) groups is 1. The zero-order chi connectivity index (χ0) is 29.4. The minimum absolute atomic E-state index is 0.144. The number of ether oxygens (including phenoxy) is 1. The molecule has 2 aromatic carbocycles. The standard InChI is InChI=1S/C32H35N5O4S/c1-19(2)16-35-42(39,40)30-14-23-27(37-32(38)21-7-6-12-33-17-21)15-28(36-25-8-4-5-9-29(25)41-3)31(23)24-18-34-26(13-22(24)30)20-10-11-20/h4-9,12-14,17-20,27-28,35-36H,10-11,15-16H2,1-3H3,(H,37,38)/t27-,28-/m0/s1. The molecule has 0 radical (unpaired) electrons. The van der Waals surface area contributed by atoms with Crippen LogP contribution in [0.4, 0.5) is 5.69 Å². The Morgan fingerprint density at radius 3 is 2.57 bits per heavy atom. The molecule has 2 atom stereocenters. The Morgan fingerprint density at radius 1 is 1.05 bits per heavy atom. The average Bonchev–Trinajstić information content (AvgIpc) is 3.79. The summed E-state index contributed by atoms with van der Waals surface area (Å²) in [5.41, 5.74) is 3.82. The van der Waals surface area contributed by atoms with Gasteiger partial charge in [-0.3, -0.25) is 14.8 Å². The van der Waals surface area contributed by atoms with E-state index in [1.807, 2.05) is 50.4 Å². The maximum absolute atomic E-state index is 13.8. The Morgan fingerprint density at radius 2 is 1.86 bits per heavy atom. The fourth-order valence-corrected chi connectivity index (χ4v) is 7.09. The summed E-state index contributed by atoms with van der Waals surface area (Å²) < 4.78 is 36.0. The van der Waals surface area contributed by atoms with Crippen LogP contribution in [0.2, 0.25) is 0 Å². The summed E-state index contributed by atoms with van der Waals surface area (Å²) in [6, 6.07) is 14.1. The number of amides is 1. The van der Waals surface area contributed by atoms with E-state index in [9.17, 15) is 13.2 Å². The van der Waals surface area contributed by atoms with Crippen LogP contribution >= 0.6 is 0 Å². The van der Waals surface area contributed by atoms with E-state index in [-0.39, 0.29) is 22.8 Å². The van der Waals surface area contributed by atoms with Gasteiger partial charge in [0, 0.05) is 47.5 Å². The zero-order valence-electron chi connectivity index (χ0n) is 23.9. The number of aromatic nitrogens is 2. The van der Waals surface area contributed by atoms with Gasteiger partial charge >= 0.3 is 0 Å². The quantitative estimate of drug-likeness (QED) is 0.225. The topological polar surface area (TPSA) is 122 Å². The lowest BCUT2D eigenvalue weighted by atomic mass is 9.98. The highest BCUT2D eigenvalue weighted by molar-refractivity contribution is 7.89. The summed E-state index contributed by atoms with van der Waals surface area (Å²) in [5, 5.41) is 8.16. The van der Waals surface area contributed by atoms with Crippen LogP contribution in [-0.2, 0) is 10.0 Å². The maximum Gasteiger partial charge on any atom is 0.253 e. The fraction of sp³-hybridized carbons (Fsp3) is 0.344. The first kappa shape index (κ1) is 28.1. The molecule has 2 aliphatic rings. The molecule has 1 amide bonds. The Hall–Kier alpha value is -4.02. The number of benzene rings is 2. The summed E-state index contributed by atoms with van der Waals surface area (Å²) in [6.45, 7) is 4.26. The minimum atomic E-state index is -3.86. The first-order valence-electron chi connectivity index (χ1n) is 14.3. The van der Waals surface area contributed by atoms with E-state index >= 15 is 0 Å². The van der Waals surface area contributed by atoms with E-state index in [2.05, 4.69) is 20.3 Å². The van der Waals surface area contributed by atoms with Gasteiger partial charge in [-0.05, 0) is 72.7 Å². The first-order valence-corrected chi connectivity index (χ1v) is 15.8. The van der Waals surface area contributed by atoms with Crippen molar-refractivity contribution in [1.29, 1.82) is 0 Å². The van der Waals surface area contributed by atoms with Crippen LogP contribution in [0.1, 0.15) is 78.3 Å². The third-order valence-corrected chi connectivity index (χ3v) is 9.37. The molecule has 2 aromatic heterocycles. The van der Waals surface area contributed by atoms with Gasteiger partial charge in [0.25, 0.3) is 5.91 Å². The lowest BCUT2D eigenvalue weighted by Crippen LogP contribution is -2.29. The molecule has 0 saturated heterocycles. The second-order valence-electron chi connectivity index (χ2n) is 11.5. The van der Waals surface area contributed by atoms with Gasteiger partial charge in [0.15, 0.2) is 0 Å². The number of carbonyl (C=O) groups excluding carboxylic acids is 1. The van der Waals surface area contributed by atoms with Crippen LogP contribution < -0.4 is 20.1 Å². The molecule has 1 fully saturated rings. The summed E-state index contributed by atoms with van der Waals surface area (Å²) in [4.78, 5) is 22.4. The van der Waals surface area contributed by atoms with Crippen molar-refractivity contribution in [2.45, 2.75) is 56.0 Å². The molecule has 10 heteroatoms. The summed E-state index contributed by atoms with van der Waals surface area (Å²) in [6.07, 6.45) is 7.55. The third-order valence-electron chi connectivity index (χ3n) is 7.91. The Bertz CT molecular complexity index is 1740. The van der Waals surface area contributed by atoms with Gasteiger partial charge < -0.3 is 15.4 Å². The second kappa shape index (κ2) is 11.3. The van der Waals surface area contributed by atoms with Gasteiger partial charge in [-0.25, -0.2) is 13.1 Å². The SMILES string of the molecule is COc1ccccc1N[C@H]1C[C@H](NC(=O)c2cccnc2)c2cc(S(=O)(=O)NCC(C)C)c3cc(C4CC4)ncc3c21. The normalized spacial score (nSPS) is 18.2. The molecule has 3 N–H and O–H groups in total. The van der Waals surface area contributed by atoms with Crippen LogP contribution in [0.5, 0.6) is 5.75 Å². The maximum atomic E-state index is 13.8. The smallest absolute Gasteiger partial charge is 0.253 e. The molecule has 4 aromatic rings. The minimum Gasteiger partial charge on any atom is -0.495 e. The van der Waals surface area contributed by atoms with Gasteiger partial charge in [0.05, 0.1) is 35.3 Å². The van der Waals surface area contributed by atoms with E-state index in [0.717, 1.165) is 40.7 Å². The second-order valence-corrected chi connectivity index (χ2v) is 13.2. The van der Waals surface area contributed by atoms with Crippen molar-refractivity contribution >= 4 is 32.4 Å². The predicted molar refractivity (Wildman–Crippen MR) is 162 cm³/mol. The number of anilines is 1. The molecule has 6 rings (SSSR count). The third kappa shape index (κ3) is 5.56. The molecular weight excluding hydrogens is 550 g/mol. The molecule has 0 bridgehead atoms. The largest absolute Gasteiger partial charge is 0.495 e. The summed E-state index contributed by atoms with van der Waals surface area (Å²) >= 11 is 0. The van der Waals surface area contributed by atoms with Crippen molar-refractivity contribution in [1.82, 2.24) is 20.0 Å². The Labute approximate surface area is 246 Å². The number of methoxy groups -OCH3 is 1. The number of fused-ring (bicyclic) bond motifs is 3. The van der Waals surface area contributed by atoms with E-state index in [0.29, 0.717) is 35.6 Å². The average molecular weight is 586 g/mol. The first-order chi connectivity index (χ1) is 20.2. The number of hydrogen-bond acceptors (Lipinski definition) is 7.